The first-order valence-electron chi connectivity index (χ1n) is 8.15. The Morgan fingerprint density at radius 3 is 1.96 bits per heavy atom. The van der Waals surface area contributed by atoms with E-state index in [1.807, 2.05) is 12.1 Å². The van der Waals surface area contributed by atoms with Crippen LogP contribution in [0, 0.1) is 0 Å². The highest BCUT2D eigenvalue weighted by Crippen LogP contribution is 2.38. The second-order valence-corrected chi connectivity index (χ2v) is 7.90. The van der Waals surface area contributed by atoms with Crippen molar-refractivity contribution in [1.29, 1.82) is 0 Å². The Morgan fingerprint density at radius 1 is 1.12 bits per heavy atom. The molecule has 4 heteroatoms. The zero-order chi connectivity index (χ0) is 19.1. The Morgan fingerprint density at radius 2 is 1.62 bits per heavy atom. The molecule has 0 unspecified atom stereocenters. The highest BCUT2D eigenvalue weighted by molar-refractivity contribution is 5.67. The molecule has 0 aliphatic carbocycles. The van der Waals surface area contributed by atoms with E-state index < -0.39 is 5.97 Å². The molecule has 0 fully saturated rings. The molecule has 0 aliphatic heterocycles. The van der Waals surface area contributed by atoms with E-state index in [2.05, 4.69) is 48.1 Å². The van der Waals surface area contributed by atoms with Crippen LogP contribution in [0.3, 0.4) is 0 Å². The molecule has 0 aliphatic rings. The van der Waals surface area contributed by atoms with E-state index in [-0.39, 0.29) is 29.6 Å². The average molecular weight is 336 g/mol. The fourth-order valence-electron chi connectivity index (χ4n) is 2.13. The van der Waals surface area contributed by atoms with Crippen LogP contribution in [0.2, 0.25) is 0 Å². The summed E-state index contributed by atoms with van der Waals surface area (Å²) in [5.74, 6) is -0.602. The number of hydrogen-bond acceptors (Lipinski definition) is 3. The van der Waals surface area contributed by atoms with Gasteiger partial charge in [0.1, 0.15) is 5.75 Å². The third kappa shape index (κ3) is 7.18. The third-order valence-electron chi connectivity index (χ3n) is 3.60. The zero-order valence-electron chi connectivity index (χ0n) is 15.8. The van der Waals surface area contributed by atoms with Crippen molar-refractivity contribution in [2.75, 3.05) is 6.61 Å². The summed E-state index contributed by atoms with van der Waals surface area (Å²) in [6.45, 7) is 15.8. The predicted molar refractivity (Wildman–Crippen MR) is 98.7 cm³/mol. The zero-order valence-corrected chi connectivity index (χ0v) is 15.8. The minimum absolute atomic E-state index is 0.0325. The Balaban J connectivity index is 0.00000118. The van der Waals surface area contributed by atoms with Gasteiger partial charge < -0.3 is 15.3 Å². The van der Waals surface area contributed by atoms with Gasteiger partial charge >= 0.3 is 5.97 Å². The molecule has 3 N–H and O–H groups in total. The normalized spacial score (nSPS) is 11.5. The van der Waals surface area contributed by atoms with E-state index in [4.69, 9.17) is 10.2 Å². The summed E-state index contributed by atoms with van der Waals surface area (Å²) in [6, 6.07) is 3.98. The van der Waals surface area contributed by atoms with Gasteiger partial charge in [-0.05, 0) is 33.9 Å². The van der Waals surface area contributed by atoms with E-state index in [0.717, 1.165) is 16.7 Å². The number of phenolic OH excluding ortho intramolecular Hbond substituents is 1. The molecule has 0 heterocycles. The number of aliphatic carboxylic acids is 1. The minimum Gasteiger partial charge on any atom is -0.507 e. The van der Waals surface area contributed by atoms with Crippen molar-refractivity contribution in [3.05, 3.63) is 41.5 Å². The number of benzene rings is 1. The van der Waals surface area contributed by atoms with Crippen molar-refractivity contribution in [3.63, 3.8) is 0 Å². The predicted octanol–water partition coefficient (Wildman–Crippen LogP) is 4.17. The van der Waals surface area contributed by atoms with Gasteiger partial charge in [0.25, 0.3) is 0 Å². The van der Waals surface area contributed by atoms with Gasteiger partial charge in [0, 0.05) is 6.42 Å². The molecular formula is C20H32O4. The van der Waals surface area contributed by atoms with Crippen LogP contribution in [0.4, 0.5) is 0 Å². The summed E-state index contributed by atoms with van der Waals surface area (Å²) >= 11 is 0. The molecule has 24 heavy (non-hydrogen) atoms. The summed E-state index contributed by atoms with van der Waals surface area (Å²) in [6.07, 6.45) is 1.82. The molecule has 0 atom stereocenters. The molecule has 0 radical (unpaired) electrons. The lowest BCUT2D eigenvalue weighted by molar-refractivity contribution is -0.136. The van der Waals surface area contributed by atoms with Crippen LogP contribution >= 0.6 is 0 Å². The number of phenols is 1. The molecule has 1 rings (SSSR count). The van der Waals surface area contributed by atoms with Gasteiger partial charge in [-0.3, -0.25) is 4.79 Å². The van der Waals surface area contributed by atoms with Crippen molar-refractivity contribution < 1.29 is 20.1 Å². The summed E-state index contributed by atoms with van der Waals surface area (Å²) in [5.41, 5.74) is 2.52. The lowest BCUT2D eigenvalue weighted by atomic mass is 9.78. The largest absolute Gasteiger partial charge is 0.507 e. The van der Waals surface area contributed by atoms with Crippen LogP contribution in [-0.4, -0.2) is 27.9 Å². The number of rotatable bonds is 4. The van der Waals surface area contributed by atoms with E-state index in [1.165, 1.54) is 6.08 Å². The molecule has 1 aromatic carbocycles. The van der Waals surface area contributed by atoms with Crippen LogP contribution in [-0.2, 0) is 22.0 Å². The minimum atomic E-state index is -0.845. The number of carbonyl (C=O) groups is 1. The monoisotopic (exact) mass is 336 g/mol. The highest BCUT2D eigenvalue weighted by Gasteiger charge is 2.24. The standard InChI is InChI=1S/C17H26O3.C3H6O/c1-16(2,3)12-9-11(7-8-14(18)19)15(20)13(10-12)17(4,5)6;1-2-3-4/h9-10,20H,7-8H2,1-6H3,(H,18,19);2,4H,1,3H2. The maximum Gasteiger partial charge on any atom is 0.303 e. The van der Waals surface area contributed by atoms with Crippen LogP contribution in [0.1, 0.15) is 64.7 Å². The average Bonchev–Trinajstić information content (AvgIpc) is 2.43. The number of carboxylic acids is 1. The van der Waals surface area contributed by atoms with Gasteiger partial charge in [-0.15, -0.1) is 6.58 Å². The summed E-state index contributed by atoms with van der Waals surface area (Å²) in [4.78, 5) is 10.8. The second kappa shape index (κ2) is 8.88. The van der Waals surface area contributed by atoms with Crippen molar-refractivity contribution in [1.82, 2.24) is 0 Å². The number of aliphatic hydroxyl groups is 1. The third-order valence-corrected chi connectivity index (χ3v) is 3.60. The lowest BCUT2D eigenvalue weighted by Gasteiger charge is -2.27. The van der Waals surface area contributed by atoms with Gasteiger partial charge in [-0.25, -0.2) is 0 Å². The maximum absolute atomic E-state index is 10.8. The summed E-state index contributed by atoms with van der Waals surface area (Å²) in [7, 11) is 0. The molecular weight excluding hydrogens is 304 g/mol. The van der Waals surface area contributed by atoms with Crippen LogP contribution in [0.5, 0.6) is 5.75 Å². The number of carboxylic acid groups (broad SMARTS) is 1. The molecule has 0 bridgehead atoms. The second-order valence-electron chi connectivity index (χ2n) is 7.90. The van der Waals surface area contributed by atoms with Gasteiger partial charge in [0.15, 0.2) is 0 Å². The van der Waals surface area contributed by atoms with Gasteiger partial charge in [0.2, 0.25) is 0 Å². The SMILES string of the molecule is C=CCO.CC(C)(C)c1cc(CCC(=O)O)c(O)c(C(C)(C)C)c1. The maximum atomic E-state index is 10.8. The highest BCUT2D eigenvalue weighted by atomic mass is 16.4. The number of aryl methyl sites for hydroxylation is 1. The van der Waals surface area contributed by atoms with Gasteiger partial charge in [-0.1, -0.05) is 59.8 Å². The summed E-state index contributed by atoms with van der Waals surface area (Å²) in [5, 5.41) is 27.0. The molecule has 1 aromatic rings. The molecule has 4 nitrogen and oxygen atoms in total. The quantitative estimate of drug-likeness (QED) is 0.721. The van der Waals surface area contributed by atoms with Crippen molar-refractivity contribution in [2.24, 2.45) is 0 Å². The van der Waals surface area contributed by atoms with E-state index in [9.17, 15) is 9.90 Å². The van der Waals surface area contributed by atoms with Crippen molar-refractivity contribution in [2.45, 2.75) is 65.2 Å². The Labute approximate surface area is 145 Å². The van der Waals surface area contributed by atoms with Crippen LogP contribution in [0.15, 0.2) is 24.8 Å². The molecule has 0 saturated carbocycles. The van der Waals surface area contributed by atoms with Gasteiger partial charge in [0.05, 0.1) is 6.61 Å². The molecule has 0 spiro atoms. The fraction of sp³-hybridized carbons (Fsp3) is 0.550. The van der Waals surface area contributed by atoms with E-state index in [0.29, 0.717) is 6.42 Å². The number of hydrogen-bond donors (Lipinski definition) is 3. The topological polar surface area (TPSA) is 77.8 Å². The fourth-order valence-corrected chi connectivity index (χ4v) is 2.13. The van der Waals surface area contributed by atoms with Gasteiger partial charge in [-0.2, -0.15) is 0 Å². The van der Waals surface area contributed by atoms with E-state index in [1.54, 1.807) is 0 Å². The van der Waals surface area contributed by atoms with Crippen LogP contribution in [0.25, 0.3) is 0 Å². The number of aromatic hydroxyl groups is 1. The Hall–Kier alpha value is -1.81. The first-order valence-corrected chi connectivity index (χ1v) is 8.15. The van der Waals surface area contributed by atoms with E-state index >= 15 is 0 Å². The Kier molecular flexibility index (Phi) is 8.21. The number of aliphatic hydroxyl groups excluding tert-OH is 1. The Bertz CT molecular complexity index is 560. The summed E-state index contributed by atoms with van der Waals surface area (Å²) < 4.78 is 0. The van der Waals surface area contributed by atoms with Crippen molar-refractivity contribution >= 4 is 5.97 Å². The lowest BCUT2D eigenvalue weighted by Crippen LogP contribution is -2.17. The molecule has 0 amide bonds. The molecule has 0 aromatic heterocycles. The smallest absolute Gasteiger partial charge is 0.303 e. The first kappa shape index (κ1) is 22.2. The molecule has 0 saturated heterocycles. The van der Waals surface area contributed by atoms with Crippen molar-refractivity contribution in [3.8, 4) is 5.75 Å². The molecule has 136 valence electrons. The first-order chi connectivity index (χ1) is 10.8. The van der Waals surface area contributed by atoms with Crippen LogP contribution < -0.4 is 0 Å².